The third kappa shape index (κ3) is 5.34. The zero-order valence-corrected chi connectivity index (χ0v) is 23.4. The number of anilines is 1. The molecule has 0 unspecified atom stereocenters. The number of hydrogen-bond acceptors (Lipinski definition) is 7. The van der Waals surface area contributed by atoms with Crippen molar-refractivity contribution in [3.05, 3.63) is 22.4 Å². The van der Waals surface area contributed by atoms with E-state index in [4.69, 9.17) is 14.5 Å². The second-order valence-electron chi connectivity index (χ2n) is 11.4. The number of halogens is 3. The first-order chi connectivity index (χ1) is 17.4. The summed E-state index contributed by atoms with van der Waals surface area (Å²) in [6, 6.07) is 3.13. The molecular weight excluding hydrogens is 548 g/mol. The molecule has 1 aromatic carbocycles. The predicted molar refractivity (Wildman–Crippen MR) is 140 cm³/mol. The number of piperazine rings is 1. The lowest BCUT2D eigenvalue weighted by molar-refractivity contribution is 0.0218. The number of hydrogen-bond donors (Lipinski definition) is 0. The van der Waals surface area contributed by atoms with E-state index >= 15 is 0 Å². The van der Waals surface area contributed by atoms with Crippen LogP contribution in [-0.2, 0) is 4.74 Å². The first-order valence-corrected chi connectivity index (χ1v) is 13.7. The van der Waals surface area contributed by atoms with E-state index in [9.17, 15) is 13.6 Å². The number of aromatic nitrogens is 2. The van der Waals surface area contributed by atoms with Gasteiger partial charge in [0.2, 0.25) is 0 Å². The molecule has 5 rings (SSSR count). The molecule has 1 amide bonds. The third-order valence-electron chi connectivity index (χ3n) is 7.48. The fraction of sp³-hybridized carbons (Fsp3) is 0.654. The molecule has 4 heterocycles. The molecule has 37 heavy (non-hydrogen) atoms. The van der Waals surface area contributed by atoms with Crippen LogP contribution in [0, 0.1) is 5.82 Å². The quantitative estimate of drug-likeness (QED) is 0.507. The van der Waals surface area contributed by atoms with Crippen LogP contribution >= 0.6 is 15.9 Å². The standard InChI is InChI=1S/C26H34BrF2N5O3/c1-16-13-32(24(35)37-25(2,3)4)8-9-34(16)22-18-10-20(29)19(27)11-21(18)30-23(31-22)36-15-26-6-5-7-33(26)14-17(28)12-26/h10-11,16-17H,5-9,12-15H2,1-4H3/t16-,17-,26+/m1/s1. The molecular formula is C26H34BrF2N5O3. The Hall–Kier alpha value is -2.27. The van der Waals surface area contributed by atoms with Gasteiger partial charge in [0.25, 0.3) is 0 Å². The van der Waals surface area contributed by atoms with E-state index in [1.54, 1.807) is 11.0 Å². The number of alkyl halides is 1. The third-order valence-corrected chi connectivity index (χ3v) is 8.09. The van der Waals surface area contributed by atoms with Crippen LogP contribution in [0.4, 0.5) is 19.4 Å². The van der Waals surface area contributed by atoms with Crippen molar-refractivity contribution in [3.8, 4) is 6.01 Å². The highest BCUT2D eigenvalue weighted by Crippen LogP contribution is 2.40. The van der Waals surface area contributed by atoms with Gasteiger partial charge >= 0.3 is 12.1 Å². The fourth-order valence-corrected chi connectivity index (χ4v) is 6.11. The van der Waals surface area contributed by atoms with Crippen LogP contribution in [0.5, 0.6) is 6.01 Å². The van der Waals surface area contributed by atoms with E-state index in [0.29, 0.717) is 60.4 Å². The average Bonchev–Trinajstić information content (AvgIpc) is 3.33. The van der Waals surface area contributed by atoms with E-state index in [0.717, 1.165) is 19.4 Å². The summed E-state index contributed by atoms with van der Waals surface area (Å²) in [7, 11) is 0. The van der Waals surface area contributed by atoms with Crippen LogP contribution in [0.2, 0.25) is 0 Å². The van der Waals surface area contributed by atoms with Crippen LogP contribution in [0.3, 0.4) is 0 Å². The molecule has 11 heteroatoms. The molecule has 0 bridgehead atoms. The minimum absolute atomic E-state index is 0.107. The van der Waals surface area contributed by atoms with Crippen LogP contribution in [0.1, 0.15) is 47.0 Å². The lowest BCUT2D eigenvalue weighted by Gasteiger charge is -2.41. The van der Waals surface area contributed by atoms with Crippen molar-refractivity contribution in [2.24, 2.45) is 0 Å². The summed E-state index contributed by atoms with van der Waals surface area (Å²) in [5, 5.41) is 0.566. The summed E-state index contributed by atoms with van der Waals surface area (Å²) in [5.41, 5.74) is -0.355. The van der Waals surface area contributed by atoms with E-state index < -0.39 is 17.6 Å². The summed E-state index contributed by atoms with van der Waals surface area (Å²) in [5.74, 6) is 0.143. The Balaban J connectivity index is 1.41. The molecule has 0 N–H and O–H groups in total. The van der Waals surface area contributed by atoms with Gasteiger partial charge in [0.15, 0.2) is 0 Å². The van der Waals surface area contributed by atoms with Gasteiger partial charge in [0.05, 0.1) is 15.5 Å². The molecule has 2 aromatic rings. The Kier molecular flexibility index (Phi) is 6.97. The number of carbonyl (C=O) groups excluding carboxylic acids is 1. The lowest BCUT2D eigenvalue weighted by atomic mass is 9.95. The van der Waals surface area contributed by atoms with Crippen molar-refractivity contribution in [2.45, 2.75) is 70.3 Å². The van der Waals surface area contributed by atoms with Gasteiger partial charge in [-0.25, -0.2) is 13.6 Å². The van der Waals surface area contributed by atoms with Crippen molar-refractivity contribution in [3.63, 3.8) is 0 Å². The van der Waals surface area contributed by atoms with Crippen molar-refractivity contribution in [1.82, 2.24) is 19.8 Å². The van der Waals surface area contributed by atoms with Gasteiger partial charge in [-0.3, -0.25) is 4.90 Å². The predicted octanol–water partition coefficient (Wildman–Crippen LogP) is 4.93. The van der Waals surface area contributed by atoms with Gasteiger partial charge in [0, 0.05) is 44.0 Å². The van der Waals surface area contributed by atoms with Crippen molar-refractivity contribution < 1.29 is 23.0 Å². The van der Waals surface area contributed by atoms with Gasteiger partial charge < -0.3 is 19.3 Å². The highest BCUT2D eigenvalue weighted by molar-refractivity contribution is 9.10. The Morgan fingerprint density at radius 1 is 1.22 bits per heavy atom. The summed E-state index contributed by atoms with van der Waals surface area (Å²) in [6.45, 7) is 10.5. The molecule has 3 aliphatic heterocycles. The summed E-state index contributed by atoms with van der Waals surface area (Å²) >= 11 is 3.26. The monoisotopic (exact) mass is 581 g/mol. The molecule has 1 aromatic heterocycles. The number of rotatable bonds is 4. The zero-order valence-electron chi connectivity index (χ0n) is 21.8. The number of amides is 1. The topological polar surface area (TPSA) is 71.0 Å². The first kappa shape index (κ1) is 26.3. The minimum atomic E-state index is -0.849. The molecule has 0 aliphatic carbocycles. The highest BCUT2D eigenvalue weighted by Gasteiger charge is 2.49. The van der Waals surface area contributed by atoms with Gasteiger partial charge in [-0.1, -0.05) is 0 Å². The molecule has 3 fully saturated rings. The first-order valence-electron chi connectivity index (χ1n) is 12.9. The van der Waals surface area contributed by atoms with Gasteiger partial charge in [-0.05, 0) is 75.1 Å². The van der Waals surface area contributed by atoms with Crippen molar-refractivity contribution in [2.75, 3.05) is 44.2 Å². The Morgan fingerprint density at radius 2 is 2.00 bits per heavy atom. The molecule has 3 saturated heterocycles. The summed E-state index contributed by atoms with van der Waals surface area (Å²) < 4.78 is 40.8. The Labute approximate surface area is 224 Å². The Morgan fingerprint density at radius 3 is 2.73 bits per heavy atom. The summed E-state index contributed by atoms with van der Waals surface area (Å²) in [6.07, 6.45) is 1.15. The molecule has 0 spiro atoms. The van der Waals surface area contributed by atoms with E-state index in [-0.39, 0.29) is 23.7 Å². The van der Waals surface area contributed by atoms with Crippen LogP contribution in [-0.4, -0.2) is 88.5 Å². The average molecular weight is 582 g/mol. The molecule has 0 saturated carbocycles. The fourth-order valence-electron chi connectivity index (χ4n) is 5.78. The van der Waals surface area contributed by atoms with Gasteiger partial charge in [-0.2, -0.15) is 9.97 Å². The molecule has 3 atom stereocenters. The van der Waals surface area contributed by atoms with Gasteiger partial charge in [0.1, 0.15) is 30.0 Å². The number of ether oxygens (including phenoxy) is 2. The maximum atomic E-state index is 14.6. The minimum Gasteiger partial charge on any atom is -0.461 e. The Bertz CT molecular complexity index is 1190. The number of carbonyl (C=O) groups is 1. The SMILES string of the molecule is C[C@@H]1CN(C(=O)OC(C)(C)C)CCN1c1nc(OC[C@@]23CCCN2C[C@H](F)C3)nc2cc(Br)c(F)cc12. The maximum Gasteiger partial charge on any atom is 0.410 e. The highest BCUT2D eigenvalue weighted by atomic mass is 79.9. The number of fused-ring (bicyclic) bond motifs is 2. The van der Waals surface area contributed by atoms with Crippen molar-refractivity contribution in [1.29, 1.82) is 0 Å². The van der Waals surface area contributed by atoms with Crippen LogP contribution in [0.25, 0.3) is 10.9 Å². The molecule has 8 nitrogen and oxygen atoms in total. The van der Waals surface area contributed by atoms with E-state index in [1.807, 2.05) is 27.7 Å². The van der Waals surface area contributed by atoms with Crippen LogP contribution in [0.15, 0.2) is 16.6 Å². The number of benzene rings is 1. The smallest absolute Gasteiger partial charge is 0.410 e. The molecule has 3 aliphatic rings. The van der Waals surface area contributed by atoms with Gasteiger partial charge in [-0.15, -0.1) is 0 Å². The lowest BCUT2D eigenvalue weighted by Crippen LogP contribution is -2.55. The maximum absolute atomic E-state index is 14.6. The summed E-state index contributed by atoms with van der Waals surface area (Å²) in [4.78, 5) is 27.9. The van der Waals surface area contributed by atoms with E-state index in [2.05, 4.69) is 30.7 Å². The van der Waals surface area contributed by atoms with Crippen LogP contribution < -0.4 is 9.64 Å². The van der Waals surface area contributed by atoms with Crippen molar-refractivity contribution >= 4 is 38.7 Å². The largest absolute Gasteiger partial charge is 0.461 e. The molecule has 0 radical (unpaired) electrons. The normalized spacial score (nSPS) is 26.6. The second-order valence-corrected chi connectivity index (χ2v) is 12.3. The second kappa shape index (κ2) is 9.80. The van der Waals surface area contributed by atoms with E-state index in [1.165, 1.54) is 6.07 Å². The zero-order chi connectivity index (χ0) is 26.5. The molecule has 202 valence electrons. The number of nitrogens with zero attached hydrogens (tertiary/aromatic N) is 5.